The van der Waals surface area contributed by atoms with Gasteiger partial charge in [-0.25, -0.2) is 0 Å². The number of carbonyl (C=O) groups excluding carboxylic acids is 1. The SMILES string of the molecule is COc1cc(C)c(Cl)c(C)c1CNC(=O)CC#N. The molecule has 0 aliphatic rings. The Morgan fingerprint density at radius 3 is 2.78 bits per heavy atom. The van der Waals surface area contributed by atoms with Crippen LogP contribution in [0.3, 0.4) is 0 Å². The molecule has 0 unspecified atom stereocenters. The van der Waals surface area contributed by atoms with Gasteiger partial charge in [0.1, 0.15) is 12.2 Å². The maximum Gasteiger partial charge on any atom is 0.234 e. The smallest absolute Gasteiger partial charge is 0.234 e. The quantitative estimate of drug-likeness (QED) is 0.911. The molecule has 0 spiro atoms. The van der Waals surface area contributed by atoms with Crippen molar-refractivity contribution in [3.8, 4) is 11.8 Å². The zero-order valence-corrected chi connectivity index (χ0v) is 11.4. The molecule has 0 saturated heterocycles. The van der Waals surface area contributed by atoms with Gasteiger partial charge in [-0.2, -0.15) is 5.26 Å². The predicted molar refractivity (Wildman–Crippen MR) is 69.6 cm³/mol. The first-order valence-electron chi connectivity index (χ1n) is 5.47. The van der Waals surface area contributed by atoms with Gasteiger partial charge in [0.05, 0.1) is 13.2 Å². The fourth-order valence-corrected chi connectivity index (χ4v) is 1.85. The highest BCUT2D eigenvalue weighted by molar-refractivity contribution is 6.32. The highest BCUT2D eigenvalue weighted by Crippen LogP contribution is 2.31. The number of nitriles is 1. The Morgan fingerprint density at radius 1 is 1.56 bits per heavy atom. The summed E-state index contributed by atoms with van der Waals surface area (Å²) in [6.45, 7) is 4.08. The lowest BCUT2D eigenvalue weighted by molar-refractivity contribution is -0.120. The van der Waals surface area contributed by atoms with E-state index in [9.17, 15) is 4.79 Å². The molecule has 1 amide bonds. The van der Waals surface area contributed by atoms with Gasteiger partial charge in [-0.05, 0) is 31.0 Å². The van der Waals surface area contributed by atoms with Crippen LogP contribution < -0.4 is 10.1 Å². The van der Waals surface area contributed by atoms with Crippen LogP contribution >= 0.6 is 11.6 Å². The number of rotatable bonds is 4. The molecule has 1 aromatic carbocycles. The van der Waals surface area contributed by atoms with Crippen LogP contribution in [-0.4, -0.2) is 13.0 Å². The van der Waals surface area contributed by atoms with Gasteiger partial charge in [-0.1, -0.05) is 11.6 Å². The van der Waals surface area contributed by atoms with Crippen molar-refractivity contribution in [2.45, 2.75) is 26.8 Å². The summed E-state index contributed by atoms with van der Waals surface area (Å²) in [4.78, 5) is 11.3. The number of amides is 1. The van der Waals surface area contributed by atoms with Crippen LogP contribution in [0.2, 0.25) is 5.02 Å². The maximum atomic E-state index is 11.3. The zero-order chi connectivity index (χ0) is 13.7. The summed E-state index contributed by atoms with van der Waals surface area (Å²) in [5, 5.41) is 11.7. The molecule has 5 heteroatoms. The van der Waals surface area contributed by atoms with E-state index in [0.717, 1.165) is 16.7 Å². The van der Waals surface area contributed by atoms with Gasteiger partial charge in [0.15, 0.2) is 0 Å². The number of nitrogens with zero attached hydrogens (tertiary/aromatic N) is 1. The lowest BCUT2D eigenvalue weighted by atomic mass is 10.0. The maximum absolute atomic E-state index is 11.3. The van der Waals surface area contributed by atoms with Gasteiger partial charge in [0.2, 0.25) is 5.91 Å². The number of carbonyl (C=O) groups is 1. The van der Waals surface area contributed by atoms with Gasteiger partial charge in [-0.15, -0.1) is 0 Å². The first-order chi connectivity index (χ1) is 8.51. The molecular formula is C13H15ClN2O2. The Hall–Kier alpha value is -1.73. The number of aryl methyl sites for hydroxylation is 1. The fourth-order valence-electron chi connectivity index (χ4n) is 1.68. The number of ether oxygens (including phenoxy) is 1. The Balaban J connectivity index is 2.98. The molecule has 0 atom stereocenters. The van der Waals surface area contributed by atoms with E-state index in [-0.39, 0.29) is 12.3 Å². The monoisotopic (exact) mass is 266 g/mol. The summed E-state index contributed by atoms with van der Waals surface area (Å²) in [5.41, 5.74) is 2.64. The molecule has 96 valence electrons. The van der Waals surface area contributed by atoms with Crippen molar-refractivity contribution < 1.29 is 9.53 Å². The molecule has 0 fully saturated rings. The second kappa shape index (κ2) is 6.27. The third-order valence-electron chi connectivity index (χ3n) is 2.70. The largest absolute Gasteiger partial charge is 0.496 e. The van der Waals surface area contributed by atoms with Crippen molar-refractivity contribution in [2.24, 2.45) is 0 Å². The van der Waals surface area contributed by atoms with Crippen LogP contribution in [0.1, 0.15) is 23.1 Å². The molecule has 0 bridgehead atoms. The predicted octanol–water partition coefficient (Wildman–Crippen LogP) is 2.50. The Labute approximate surface area is 112 Å². The van der Waals surface area contributed by atoms with Gasteiger partial charge >= 0.3 is 0 Å². The average molecular weight is 267 g/mol. The van der Waals surface area contributed by atoms with E-state index < -0.39 is 0 Å². The van der Waals surface area contributed by atoms with E-state index in [2.05, 4.69) is 5.32 Å². The summed E-state index contributed by atoms with van der Waals surface area (Å²) < 4.78 is 5.28. The van der Waals surface area contributed by atoms with Gasteiger partial charge < -0.3 is 10.1 Å². The molecule has 18 heavy (non-hydrogen) atoms. The molecule has 0 aliphatic heterocycles. The topological polar surface area (TPSA) is 62.1 Å². The minimum atomic E-state index is -0.310. The first kappa shape index (κ1) is 14.3. The minimum absolute atomic E-state index is 0.152. The van der Waals surface area contributed by atoms with Crippen molar-refractivity contribution in [1.82, 2.24) is 5.32 Å². The van der Waals surface area contributed by atoms with Crippen LogP contribution in [0.25, 0.3) is 0 Å². The van der Waals surface area contributed by atoms with Gasteiger partial charge in [-0.3, -0.25) is 4.79 Å². The number of hydrogen-bond acceptors (Lipinski definition) is 3. The molecule has 4 nitrogen and oxygen atoms in total. The molecule has 1 N–H and O–H groups in total. The summed E-state index contributed by atoms with van der Waals surface area (Å²) >= 11 is 6.17. The highest BCUT2D eigenvalue weighted by atomic mass is 35.5. The normalized spacial score (nSPS) is 9.72. The lowest BCUT2D eigenvalue weighted by Gasteiger charge is -2.15. The second-order valence-electron chi connectivity index (χ2n) is 3.92. The van der Waals surface area contributed by atoms with Crippen LogP contribution in [0.5, 0.6) is 5.75 Å². The first-order valence-corrected chi connectivity index (χ1v) is 5.85. The molecule has 0 aliphatic carbocycles. The Kier molecular flexibility index (Phi) is 4.99. The summed E-state index contributed by atoms with van der Waals surface area (Å²) in [6.07, 6.45) is -0.152. The standard InChI is InChI=1S/C13H15ClN2O2/c1-8-6-11(18-3)10(9(2)13(8)14)7-16-12(17)4-5-15/h6H,4,7H2,1-3H3,(H,16,17). The van der Waals surface area contributed by atoms with E-state index in [1.165, 1.54) is 0 Å². The third kappa shape index (κ3) is 3.14. The van der Waals surface area contributed by atoms with Crippen molar-refractivity contribution in [1.29, 1.82) is 5.26 Å². The van der Waals surface area contributed by atoms with Gasteiger partial charge in [0.25, 0.3) is 0 Å². The molecule has 0 aromatic heterocycles. The molecular weight excluding hydrogens is 252 g/mol. The molecule has 1 aromatic rings. The summed E-state index contributed by atoms with van der Waals surface area (Å²) in [6, 6.07) is 3.63. The Bertz CT molecular complexity index is 507. The van der Waals surface area contributed by atoms with E-state index in [4.69, 9.17) is 21.6 Å². The number of benzene rings is 1. The number of methoxy groups -OCH3 is 1. The van der Waals surface area contributed by atoms with Crippen molar-refractivity contribution in [3.63, 3.8) is 0 Å². The third-order valence-corrected chi connectivity index (χ3v) is 3.28. The molecule has 0 heterocycles. The number of hydrogen-bond donors (Lipinski definition) is 1. The van der Waals surface area contributed by atoms with E-state index in [1.807, 2.05) is 19.9 Å². The number of halogens is 1. The van der Waals surface area contributed by atoms with Crippen LogP contribution in [0.15, 0.2) is 6.07 Å². The average Bonchev–Trinajstić information content (AvgIpc) is 2.34. The minimum Gasteiger partial charge on any atom is -0.496 e. The highest BCUT2D eigenvalue weighted by Gasteiger charge is 2.13. The second-order valence-corrected chi connectivity index (χ2v) is 4.30. The van der Waals surface area contributed by atoms with E-state index >= 15 is 0 Å². The van der Waals surface area contributed by atoms with E-state index in [1.54, 1.807) is 13.2 Å². The molecule has 1 rings (SSSR count). The number of nitrogens with one attached hydrogen (secondary N) is 1. The fraction of sp³-hybridized carbons (Fsp3) is 0.385. The molecule has 0 saturated carbocycles. The van der Waals surface area contributed by atoms with Gasteiger partial charge in [0, 0.05) is 17.1 Å². The van der Waals surface area contributed by atoms with Crippen LogP contribution in [0.4, 0.5) is 0 Å². The molecule has 0 radical (unpaired) electrons. The van der Waals surface area contributed by atoms with Crippen molar-refractivity contribution >= 4 is 17.5 Å². The van der Waals surface area contributed by atoms with Crippen LogP contribution in [0, 0.1) is 25.2 Å². The Morgan fingerprint density at radius 2 is 2.22 bits per heavy atom. The zero-order valence-electron chi connectivity index (χ0n) is 10.6. The summed E-state index contributed by atoms with van der Waals surface area (Å²) in [5.74, 6) is 0.377. The van der Waals surface area contributed by atoms with Crippen molar-refractivity contribution in [3.05, 3.63) is 27.8 Å². The van der Waals surface area contributed by atoms with E-state index in [0.29, 0.717) is 17.3 Å². The van der Waals surface area contributed by atoms with Crippen molar-refractivity contribution in [2.75, 3.05) is 7.11 Å². The van der Waals surface area contributed by atoms with Crippen LogP contribution in [-0.2, 0) is 11.3 Å². The summed E-state index contributed by atoms with van der Waals surface area (Å²) in [7, 11) is 1.57. The lowest BCUT2D eigenvalue weighted by Crippen LogP contribution is -2.22.